The van der Waals surface area contributed by atoms with Crippen LogP contribution >= 0.6 is 11.3 Å². The molecule has 3 aromatic heterocycles. The molecule has 7 heteroatoms. The monoisotopic (exact) mass is 303 g/mol. The summed E-state index contributed by atoms with van der Waals surface area (Å²) in [5, 5.41) is 13.7. The van der Waals surface area contributed by atoms with Gasteiger partial charge in [0.25, 0.3) is 0 Å². The van der Waals surface area contributed by atoms with Gasteiger partial charge < -0.3 is 9.84 Å². The van der Waals surface area contributed by atoms with Gasteiger partial charge in [-0.15, -0.1) is 11.3 Å². The lowest BCUT2D eigenvalue weighted by Gasteiger charge is -2.17. The van der Waals surface area contributed by atoms with E-state index in [1.807, 2.05) is 41.4 Å². The van der Waals surface area contributed by atoms with Crippen LogP contribution in [0.15, 0.2) is 40.5 Å². The van der Waals surface area contributed by atoms with E-state index in [4.69, 9.17) is 4.52 Å². The van der Waals surface area contributed by atoms with E-state index in [1.165, 1.54) is 0 Å². The summed E-state index contributed by atoms with van der Waals surface area (Å²) < 4.78 is 7.25. The molecule has 1 N–H and O–H groups in total. The van der Waals surface area contributed by atoms with Crippen LogP contribution in [0.25, 0.3) is 10.7 Å². The molecule has 3 heterocycles. The summed E-state index contributed by atoms with van der Waals surface area (Å²) in [7, 11) is 0. The Bertz CT molecular complexity index is 661. The Morgan fingerprint density at radius 1 is 1.38 bits per heavy atom. The molecule has 0 saturated heterocycles. The molecule has 0 aliphatic rings. The molecule has 0 bridgehead atoms. The van der Waals surface area contributed by atoms with Crippen molar-refractivity contribution in [3.8, 4) is 10.7 Å². The maximum Gasteiger partial charge on any atom is 0.243 e. The fourth-order valence-corrected chi connectivity index (χ4v) is 2.81. The van der Waals surface area contributed by atoms with E-state index in [2.05, 4.69) is 27.5 Å². The summed E-state index contributed by atoms with van der Waals surface area (Å²) in [6.45, 7) is 4.92. The maximum absolute atomic E-state index is 5.35. The molecular formula is C14H17N5OS. The molecule has 2 atom stereocenters. The highest BCUT2D eigenvalue weighted by atomic mass is 32.1. The highest BCUT2D eigenvalue weighted by molar-refractivity contribution is 7.13. The Balaban J connectivity index is 1.61. The van der Waals surface area contributed by atoms with Crippen LogP contribution in [-0.4, -0.2) is 26.0 Å². The second-order valence-electron chi connectivity index (χ2n) is 4.95. The van der Waals surface area contributed by atoms with E-state index in [-0.39, 0.29) is 12.1 Å². The van der Waals surface area contributed by atoms with Crippen LogP contribution in [0.5, 0.6) is 0 Å². The third-order valence-corrected chi connectivity index (χ3v) is 3.97. The third-order valence-electron chi connectivity index (χ3n) is 3.11. The van der Waals surface area contributed by atoms with Gasteiger partial charge in [0.05, 0.1) is 17.5 Å². The molecule has 0 aliphatic carbocycles. The van der Waals surface area contributed by atoms with Crippen LogP contribution in [0.1, 0.15) is 25.8 Å². The average molecular weight is 303 g/mol. The first kappa shape index (κ1) is 14.0. The highest BCUT2D eigenvalue weighted by Gasteiger charge is 2.17. The molecule has 0 saturated carbocycles. The van der Waals surface area contributed by atoms with Crippen LogP contribution in [0.4, 0.5) is 0 Å². The van der Waals surface area contributed by atoms with Crippen LogP contribution in [0.2, 0.25) is 0 Å². The molecular weight excluding hydrogens is 286 g/mol. The molecule has 110 valence electrons. The van der Waals surface area contributed by atoms with Crippen LogP contribution in [-0.2, 0) is 6.54 Å². The van der Waals surface area contributed by atoms with Gasteiger partial charge in [-0.2, -0.15) is 10.1 Å². The minimum Gasteiger partial charge on any atom is -0.337 e. The minimum absolute atomic E-state index is 0.00299. The van der Waals surface area contributed by atoms with E-state index < -0.39 is 0 Å². The Morgan fingerprint density at radius 3 is 3.00 bits per heavy atom. The minimum atomic E-state index is -0.00299. The molecule has 6 nitrogen and oxygen atoms in total. The molecule has 0 amide bonds. The lowest BCUT2D eigenvalue weighted by atomic mass is 10.2. The number of aromatic nitrogens is 4. The van der Waals surface area contributed by atoms with Gasteiger partial charge in [0.15, 0.2) is 0 Å². The lowest BCUT2D eigenvalue weighted by Crippen LogP contribution is -2.33. The fourth-order valence-electron chi connectivity index (χ4n) is 2.16. The number of thiophene rings is 1. The molecule has 3 rings (SSSR count). The molecule has 0 aromatic carbocycles. The summed E-state index contributed by atoms with van der Waals surface area (Å²) in [5.74, 6) is 1.25. The summed E-state index contributed by atoms with van der Waals surface area (Å²) >= 11 is 1.60. The number of rotatable bonds is 6. The van der Waals surface area contributed by atoms with E-state index >= 15 is 0 Å². The fraction of sp³-hybridized carbons (Fsp3) is 0.357. The molecule has 21 heavy (non-hydrogen) atoms. The molecule has 0 unspecified atom stereocenters. The van der Waals surface area contributed by atoms with E-state index in [1.54, 1.807) is 17.5 Å². The van der Waals surface area contributed by atoms with Crippen molar-refractivity contribution in [2.45, 2.75) is 32.5 Å². The molecule has 0 radical (unpaired) electrons. The van der Waals surface area contributed by atoms with Crippen molar-refractivity contribution in [1.82, 2.24) is 25.2 Å². The molecule has 0 fully saturated rings. The highest BCUT2D eigenvalue weighted by Crippen LogP contribution is 2.23. The smallest absolute Gasteiger partial charge is 0.243 e. The van der Waals surface area contributed by atoms with Gasteiger partial charge in [-0.1, -0.05) is 11.2 Å². The summed E-state index contributed by atoms with van der Waals surface area (Å²) in [5.41, 5.74) is 0. The van der Waals surface area contributed by atoms with Crippen LogP contribution in [0, 0.1) is 0 Å². The van der Waals surface area contributed by atoms with Crippen molar-refractivity contribution in [2.24, 2.45) is 0 Å². The normalized spacial score (nSPS) is 14.2. The summed E-state index contributed by atoms with van der Waals surface area (Å²) in [6.07, 6.45) is 3.73. The number of hydrogen-bond donors (Lipinski definition) is 1. The van der Waals surface area contributed by atoms with Gasteiger partial charge in [-0.05, 0) is 31.4 Å². The standard InChI is InChI=1S/C14H17N5OS/c1-10(9-19-7-4-6-15-19)16-11(2)14-17-13(18-20-14)12-5-3-8-21-12/h3-8,10-11,16H,9H2,1-2H3/t10-,11-/m1/s1. The molecule has 3 aromatic rings. The zero-order valence-corrected chi connectivity index (χ0v) is 12.7. The maximum atomic E-state index is 5.35. The van der Waals surface area contributed by atoms with Gasteiger partial charge in [0.1, 0.15) is 0 Å². The quantitative estimate of drug-likeness (QED) is 0.758. The Kier molecular flexibility index (Phi) is 4.12. The van der Waals surface area contributed by atoms with E-state index in [0.717, 1.165) is 11.4 Å². The first-order chi connectivity index (χ1) is 10.2. The van der Waals surface area contributed by atoms with E-state index in [9.17, 15) is 0 Å². The molecule has 0 spiro atoms. The third kappa shape index (κ3) is 3.37. The van der Waals surface area contributed by atoms with Crippen LogP contribution < -0.4 is 5.32 Å². The van der Waals surface area contributed by atoms with Gasteiger partial charge in [0, 0.05) is 18.4 Å². The van der Waals surface area contributed by atoms with Gasteiger partial charge in [0.2, 0.25) is 11.7 Å². The number of nitrogens with one attached hydrogen (secondary N) is 1. The molecule has 0 aliphatic heterocycles. The lowest BCUT2D eigenvalue weighted by molar-refractivity contribution is 0.316. The van der Waals surface area contributed by atoms with Crippen molar-refractivity contribution in [2.75, 3.05) is 0 Å². The number of nitrogens with zero attached hydrogens (tertiary/aromatic N) is 4. The van der Waals surface area contributed by atoms with Crippen molar-refractivity contribution in [3.63, 3.8) is 0 Å². The summed E-state index contributed by atoms with van der Waals surface area (Å²) in [6, 6.07) is 6.12. The topological polar surface area (TPSA) is 68.8 Å². The predicted octanol–water partition coefficient (Wildman–Crippen LogP) is 2.73. The zero-order valence-electron chi connectivity index (χ0n) is 11.9. The first-order valence-electron chi connectivity index (χ1n) is 6.83. The predicted molar refractivity (Wildman–Crippen MR) is 80.9 cm³/mol. The second-order valence-corrected chi connectivity index (χ2v) is 5.90. The van der Waals surface area contributed by atoms with Crippen molar-refractivity contribution in [1.29, 1.82) is 0 Å². The number of hydrogen-bond acceptors (Lipinski definition) is 6. The average Bonchev–Trinajstić information content (AvgIpc) is 3.20. The Labute approximate surface area is 126 Å². The zero-order chi connectivity index (χ0) is 14.7. The summed E-state index contributed by atoms with van der Waals surface area (Å²) in [4.78, 5) is 5.47. The van der Waals surface area contributed by atoms with Crippen molar-refractivity contribution >= 4 is 11.3 Å². The Hall–Kier alpha value is -1.99. The van der Waals surface area contributed by atoms with E-state index in [0.29, 0.717) is 11.7 Å². The SMILES string of the molecule is C[C@H](Cn1cccn1)N[C@H](C)c1nc(-c2cccs2)no1. The second kappa shape index (κ2) is 6.19. The van der Waals surface area contributed by atoms with Gasteiger partial charge in [-0.3, -0.25) is 4.68 Å². The van der Waals surface area contributed by atoms with Crippen molar-refractivity contribution < 1.29 is 4.52 Å². The van der Waals surface area contributed by atoms with Gasteiger partial charge in [-0.25, -0.2) is 0 Å². The Morgan fingerprint density at radius 2 is 2.29 bits per heavy atom. The first-order valence-corrected chi connectivity index (χ1v) is 7.71. The van der Waals surface area contributed by atoms with Crippen molar-refractivity contribution in [3.05, 3.63) is 41.9 Å². The largest absolute Gasteiger partial charge is 0.337 e. The van der Waals surface area contributed by atoms with Gasteiger partial charge >= 0.3 is 0 Å². The van der Waals surface area contributed by atoms with Crippen LogP contribution in [0.3, 0.4) is 0 Å².